The number of aromatic amines is 1. The summed E-state index contributed by atoms with van der Waals surface area (Å²) < 4.78 is 9.20. The van der Waals surface area contributed by atoms with Gasteiger partial charge in [-0.15, -0.1) is 0 Å². The van der Waals surface area contributed by atoms with E-state index < -0.39 is 24.0 Å². The number of nitrogen functional groups attached to an aromatic ring is 1. The van der Waals surface area contributed by atoms with Gasteiger partial charge in [-0.25, -0.2) is 15.0 Å². The Bertz CT molecular complexity index is 1670. The Hall–Kier alpha value is -4.14. The summed E-state index contributed by atoms with van der Waals surface area (Å²) in [5, 5.41) is 23.0. The van der Waals surface area contributed by atoms with Gasteiger partial charge in [-0.2, -0.15) is 4.98 Å². The summed E-state index contributed by atoms with van der Waals surface area (Å²) in [6.45, 7) is 1.52. The first kappa shape index (κ1) is 21.4. The molecule has 1 fully saturated rings. The van der Waals surface area contributed by atoms with Gasteiger partial charge in [-0.3, -0.25) is 24.6 Å². The fourth-order valence-corrected chi connectivity index (χ4v) is 4.40. The lowest BCUT2D eigenvalue weighted by molar-refractivity contribution is -0.0425. The molecule has 4 aromatic heterocycles. The number of ether oxygens (including phenoxy) is 1. The van der Waals surface area contributed by atoms with Crippen LogP contribution in [0.4, 0.5) is 17.8 Å². The predicted octanol–water partition coefficient (Wildman–Crippen LogP) is 0.224. The number of aryl methyl sites for hydroxylation is 2. The van der Waals surface area contributed by atoms with Gasteiger partial charge < -0.3 is 25.3 Å². The van der Waals surface area contributed by atoms with Gasteiger partial charge in [0.25, 0.3) is 5.56 Å². The van der Waals surface area contributed by atoms with E-state index in [-0.39, 0.29) is 36.1 Å². The van der Waals surface area contributed by atoms with Gasteiger partial charge in [0.2, 0.25) is 17.8 Å². The van der Waals surface area contributed by atoms with E-state index in [9.17, 15) is 15.0 Å². The molecule has 1 aromatic carbocycles. The Kier molecular flexibility index (Phi) is 4.70. The minimum atomic E-state index is -0.902. The minimum Gasteiger partial charge on any atom is -0.394 e. The minimum absolute atomic E-state index is 0.0422. The Morgan fingerprint density at radius 2 is 2.03 bits per heavy atom. The molecule has 1 aliphatic heterocycles. The lowest BCUT2D eigenvalue weighted by atomic mass is 10.2. The Morgan fingerprint density at radius 1 is 1.20 bits per heavy atom. The number of nitrogens with one attached hydrogen (secondary N) is 2. The van der Waals surface area contributed by atoms with Crippen molar-refractivity contribution in [2.24, 2.45) is 7.05 Å². The number of hydrogen-bond donors (Lipinski definition) is 5. The average molecular weight is 478 g/mol. The van der Waals surface area contributed by atoms with Crippen LogP contribution in [0.2, 0.25) is 0 Å². The molecule has 14 heteroatoms. The van der Waals surface area contributed by atoms with Gasteiger partial charge in [-0.05, 0) is 19.1 Å². The molecule has 6 N–H and O–H groups in total. The van der Waals surface area contributed by atoms with Gasteiger partial charge in [0, 0.05) is 19.7 Å². The van der Waals surface area contributed by atoms with Crippen LogP contribution in [0.1, 0.15) is 18.3 Å². The Morgan fingerprint density at radius 3 is 2.80 bits per heavy atom. The number of imidazole rings is 2. The lowest BCUT2D eigenvalue weighted by Crippen LogP contribution is -2.24. The Labute approximate surface area is 196 Å². The van der Waals surface area contributed by atoms with E-state index in [1.165, 1.54) is 0 Å². The Balaban J connectivity index is 1.50. The fourth-order valence-electron chi connectivity index (χ4n) is 4.40. The number of aliphatic hydroxyl groups is 2. The van der Waals surface area contributed by atoms with Crippen LogP contribution in [0.3, 0.4) is 0 Å². The number of nitrogens with two attached hydrogens (primary N) is 1. The smallest absolute Gasteiger partial charge is 0.280 e. The number of aromatic nitrogens is 8. The molecule has 5 aromatic rings. The molecule has 0 spiro atoms. The molecule has 1 saturated heterocycles. The highest BCUT2D eigenvalue weighted by Crippen LogP contribution is 2.34. The predicted molar refractivity (Wildman–Crippen MR) is 126 cm³/mol. The van der Waals surface area contributed by atoms with Crippen LogP contribution in [-0.2, 0) is 11.8 Å². The summed E-state index contributed by atoms with van der Waals surface area (Å²) in [6, 6.07) is 3.75. The van der Waals surface area contributed by atoms with Crippen molar-refractivity contribution in [3.8, 4) is 0 Å². The number of rotatable bonds is 4. The molecule has 0 bridgehead atoms. The third kappa shape index (κ3) is 3.38. The summed E-state index contributed by atoms with van der Waals surface area (Å²) in [4.78, 5) is 37.3. The number of benzene rings is 1. The van der Waals surface area contributed by atoms with E-state index >= 15 is 0 Å². The van der Waals surface area contributed by atoms with Crippen molar-refractivity contribution < 1.29 is 14.9 Å². The van der Waals surface area contributed by atoms with Crippen LogP contribution in [0, 0.1) is 6.92 Å². The zero-order valence-electron chi connectivity index (χ0n) is 18.8. The van der Waals surface area contributed by atoms with Crippen LogP contribution in [-0.4, -0.2) is 68.1 Å². The molecule has 1 aliphatic rings. The maximum atomic E-state index is 12.5. The topological polar surface area (TPSA) is 195 Å². The molecule has 0 saturated carbocycles. The first-order valence-electron chi connectivity index (χ1n) is 10.9. The summed E-state index contributed by atoms with van der Waals surface area (Å²) in [5.74, 6) is 0.567. The molecule has 180 valence electrons. The average Bonchev–Trinajstić information content (AvgIpc) is 3.45. The quantitative estimate of drug-likeness (QED) is 0.237. The molecule has 0 radical (unpaired) electrons. The molecule has 0 unspecified atom stereocenters. The lowest BCUT2D eigenvalue weighted by Gasteiger charge is -2.17. The summed E-state index contributed by atoms with van der Waals surface area (Å²) in [5.41, 5.74) is 9.26. The number of H-pyrrole nitrogens is 1. The maximum absolute atomic E-state index is 12.5. The summed E-state index contributed by atoms with van der Waals surface area (Å²) in [6.07, 6.45) is -0.572. The first-order valence-corrected chi connectivity index (χ1v) is 10.9. The molecule has 0 aliphatic carbocycles. The largest absolute Gasteiger partial charge is 0.394 e. The molecule has 0 amide bonds. The molecule has 3 atom stereocenters. The van der Waals surface area contributed by atoms with Crippen molar-refractivity contribution in [1.29, 1.82) is 0 Å². The van der Waals surface area contributed by atoms with E-state index in [4.69, 9.17) is 10.5 Å². The number of hydrogen-bond acceptors (Lipinski definition) is 11. The standard InChI is InChI=1S/C21H22N10O4/c1-8-6-23-9-4-12-11(3-10(9)24-8)25-20(30(12)2)29-21-26-16-17(27-19(22)28-18(16)34)31(21)15-5-13(33)14(7-32)35-15/h3-4,6,13-15,32-33H,5,7H2,1-2H3,(H,25,26,29)(H3,22,27,28,34)/t13-,14+,15+/m0/s1. The van der Waals surface area contributed by atoms with Crippen molar-refractivity contribution in [1.82, 2.24) is 39.0 Å². The van der Waals surface area contributed by atoms with Crippen molar-refractivity contribution in [2.75, 3.05) is 17.7 Å². The highest BCUT2D eigenvalue weighted by Gasteiger charge is 2.37. The van der Waals surface area contributed by atoms with Gasteiger partial charge in [0.15, 0.2) is 11.2 Å². The zero-order valence-corrected chi connectivity index (χ0v) is 18.8. The first-order chi connectivity index (χ1) is 16.8. The number of anilines is 3. The highest BCUT2D eigenvalue weighted by molar-refractivity contribution is 5.92. The van der Waals surface area contributed by atoms with E-state index in [1.54, 1.807) is 10.8 Å². The van der Waals surface area contributed by atoms with E-state index in [2.05, 4.69) is 35.2 Å². The van der Waals surface area contributed by atoms with Crippen molar-refractivity contribution in [2.45, 2.75) is 31.8 Å². The van der Waals surface area contributed by atoms with Crippen LogP contribution in [0.15, 0.2) is 23.1 Å². The van der Waals surface area contributed by atoms with Crippen LogP contribution >= 0.6 is 0 Å². The maximum Gasteiger partial charge on any atom is 0.280 e. The van der Waals surface area contributed by atoms with E-state index in [1.807, 2.05) is 30.7 Å². The second-order valence-corrected chi connectivity index (χ2v) is 8.50. The van der Waals surface area contributed by atoms with Gasteiger partial charge in [0.05, 0.1) is 40.5 Å². The molecule has 14 nitrogen and oxygen atoms in total. The van der Waals surface area contributed by atoms with Crippen LogP contribution < -0.4 is 16.6 Å². The van der Waals surface area contributed by atoms with E-state index in [0.29, 0.717) is 11.5 Å². The normalized spacial score (nSPS) is 20.4. The second-order valence-electron chi connectivity index (χ2n) is 8.50. The SMILES string of the molecule is Cc1cnc2cc3c(cc2n1)nc(Nc1nc2c(=O)[nH]c(N)nc2n1[C@H]1C[C@H](O)[C@@H](CO)O1)n3C. The third-order valence-electron chi connectivity index (χ3n) is 6.13. The van der Waals surface area contributed by atoms with Crippen LogP contribution in [0.5, 0.6) is 0 Å². The number of fused-ring (bicyclic) bond motifs is 3. The molecule has 5 heterocycles. The third-order valence-corrected chi connectivity index (χ3v) is 6.13. The van der Waals surface area contributed by atoms with Gasteiger partial charge in [-0.1, -0.05) is 0 Å². The summed E-state index contributed by atoms with van der Waals surface area (Å²) >= 11 is 0. The monoisotopic (exact) mass is 478 g/mol. The second kappa shape index (κ2) is 7.69. The van der Waals surface area contributed by atoms with Crippen molar-refractivity contribution >= 4 is 51.1 Å². The fraction of sp³-hybridized carbons (Fsp3) is 0.333. The van der Waals surface area contributed by atoms with E-state index in [0.717, 1.165) is 22.2 Å². The van der Waals surface area contributed by atoms with Crippen molar-refractivity contribution in [3.05, 3.63) is 34.4 Å². The zero-order chi connectivity index (χ0) is 24.4. The number of aliphatic hydroxyl groups excluding tert-OH is 2. The summed E-state index contributed by atoms with van der Waals surface area (Å²) in [7, 11) is 1.83. The molecule has 6 rings (SSSR count). The van der Waals surface area contributed by atoms with Gasteiger partial charge in [0.1, 0.15) is 12.3 Å². The van der Waals surface area contributed by atoms with Gasteiger partial charge >= 0.3 is 0 Å². The molecular weight excluding hydrogens is 456 g/mol. The molecule has 35 heavy (non-hydrogen) atoms. The van der Waals surface area contributed by atoms with Crippen molar-refractivity contribution in [3.63, 3.8) is 0 Å². The highest BCUT2D eigenvalue weighted by atomic mass is 16.5. The molecular formula is C21H22N10O4. The number of nitrogens with zero attached hydrogens (tertiary/aromatic N) is 7. The van der Waals surface area contributed by atoms with Crippen LogP contribution in [0.25, 0.3) is 33.2 Å².